The lowest BCUT2D eigenvalue weighted by molar-refractivity contribution is 0.417. The molecular formula is C9H18N2O2S. The molecule has 82 valence electrons. The van der Waals surface area contributed by atoms with Gasteiger partial charge in [0.05, 0.1) is 5.75 Å². The van der Waals surface area contributed by atoms with Gasteiger partial charge >= 0.3 is 0 Å². The van der Waals surface area contributed by atoms with Crippen molar-refractivity contribution in [1.29, 1.82) is 0 Å². The van der Waals surface area contributed by atoms with Gasteiger partial charge in [-0.2, -0.15) is 0 Å². The van der Waals surface area contributed by atoms with Crippen LogP contribution in [0.5, 0.6) is 0 Å². The van der Waals surface area contributed by atoms with Gasteiger partial charge in [0, 0.05) is 12.1 Å². The fourth-order valence-corrected chi connectivity index (χ4v) is 3.92. The van der Waals surface area contributed by atoms with Crippen molar-refractivity contribution in [3.63, 3.8) is 0 Å². The van der Waals surface area contributed by atoms with Crippen LogP contribution in [0.25, 0.3) is 0 Å². The van der Waals surface area contributed by atoms with Crippen molar-refractivity contribution in [2.24, 2.45) is 5.92 Å². The maximum absolute atomic E-state index is 11.5. The van der Waals surface area contributed by atoms with Crippen LogP contribution in [0.4, 0.5) is 0 Å². The molecule has 2 aliphatic rings. The van der Waals surface area contributed by atoms with Crippen LogP contribution in [-0.4, -0.2) is 32.8 Å². The Morgan fingerprint density at radius 2 is 2.21 bits per heavy atom. The highest BCUT2D eigenvalue weighted by Crippen LogP contribution is 2.31. The highest BCUT2D eigenvalue weighted by Gasteiger charge is 2.40. The van der Waals surface area contributed by atoms with Crippen LogP contribution in [0, 0.1) is 5.92 Å². The molecule has 5 heteroatoms. The Hall–Kier alpha value is -0.130. The van der Waals surface area contributed by atoms with Crippen LogP contribution in [0.2, 0.25) is 0 Å². The first-order chi connectivity index (χ1) is 6.61. The first-order valence-electron chi connectivity index (χ1n) is 5.34. The van der Waals surface area contributed by atoms with Crippen molar-refractivity contribution in [2.75, 3.05) is 12.3 Å². The minimum Gasteiger partial charge on any atom is -0.312 e. The Morgan fingerprint density at radius 3 is 2.71 bits per heavy atom. The zero-order valence-electron chi connectivity index (χ0n) is 8.49. The first-order valence-corrected chi connectivity index (χ1v) is 6.99. The van der Waals surface area contributed by atoms with Crippen LogP contribution < -0.4 is 10.0 Å². The molecule has 0 spiro atoms. The highest BCUT2D eigenvalue weighted by atomic mass is 32.2. The maximum Gasteiger partial charge on any atom is 0.211 e. The van der Waals surface area contributed by atoms with Gasteiger partial charge in [0.25, 0.3) is 0 Å². The zero-order chi connectivity index (χ0) is 10.2. The number of nitrogens with one attached hydrogen (secondary N) is 2. The number of fused-ring (bicyclic) bond motifs is 2. The number of hydrogen-bond acceptors (Lipinski definition) is 3. The van der Waals surface area contributed by atoms with Gasteiger partial charge in [0.1, 0.15) is 0 Å². The van der Waals surface area contributed by atoms with Gasteiger partial charge in [-0.05, 0) is 31.7 Å². The second kappa shape index (κ2) is 3.79. The van der Waals surface area contributed by atoms with E-state index in [0.29, 0.717) is 18.4 Å². The summed E-state index contributed by atoms with van der Waals surface area (Å²) in [5.41, 5.74) is 0. The molecule has 1 aliphatic carbocycles. The highest BCUT2D eigenvalue weighted by molar-refractivity contribution is 7.89. The van der Waals surface area contributed by atoms with Gasteiger partial charge in [0.15, 0.2) is 0 Å². The molecule has 2 rings (SSSR count). The van der Waals surface area contributed by atoms with Gasteiger partial charge in [-0.25, -0.2) is 13.1 Å². The van der Waals surface area contributed by atoms with E-state index >= 15 is 0 Å². The molecule has 1 heterocycles. The molecule has 14 heavy (non-hydrogen) atoms. The summed E-state index contributed by atoms with van der Waals surface area (Å²) >= 11 is 0. The predicted octanol–water partition coefficient (Wildman–Crippen LogP) is 0.0662. The van der Waals surface area contributed by atoms with E-state index < -0.39 is 10.0 Å². The molecule has 0 aromatic rings. The van der Waals surface area contributed by atoms with Crippen molar-refractivity contribution in [3.05, 3.63) is 0 Å². The Balaban J connectivity index is 1.92. The maximum atomic E-state index is 11.5. The molecule has 1 aliphatic heterocycles. The van der Waals surface area contributed by atoms with Gasteiger partial charge in [-0.3, -0.25) is 0 Å². The van der Waals surface area contributed by atoms with Gasteiger partial charge in [-0.1, -0.05) is 6.92 Å². The summed E-state index contributed by atoms with van der Waals surface area (Å²) in [6.07, 6.45) is 2.84. The zero-order valence-corrected chi connectivity index (χ0v) is 9.31. The van der Waals surface area contributed by atoms with Crippen LogP contribution in [0.15, 0.2) is 0 Å². The summed E-state index contributed by atoms with van der Waals surface area (Å²) in [6.45, 7) is 2.95. The standard InChI is InChI=1S/C9H18N2O2S/c1-2-3-14(12,13)11-9-5-7-4-8(9)10-6-7/h7-11H,2-6H2,1H3. The third-order valence-corrected chi connectivity index (χ3v) is 4.74. The molecule has 0 amide bonds. The third-order valence-electron chi connectivity index (χ3n) is 3.13. The summed E-state index contributed by atoms with van der Waals surface area (Å²) < 4.78 is 25.8. The van der Waals surface area contributed by atoms with Crippen molar-refractivity contribution < 1.29 is 8.42 Å². The van der Waals surface area contributed by atoms with E-state index in [4.69, 9.17) is 0 Å². The molecule has 0 aromatic heterocycles. The number of rotatable bonds is 4. The van der Waals surface area contributed by atoms with Crippen LogP contribution in [0.3, 0.4) is 0 Å². The third kappa shape index (κ3) is 2.10. The normalized spacial score (nSPS) is 36.5. The second-order valence-corrected chi connectivity index (χ2v) is 6.27. The molecule has 2 fully saturated rings. The van der Waals surface area contributed by atoms with Crippen LogP contribution in [-0.2, 0) is 10.0 Å². The monoisotopic (exact) mass is 218 g/mol. The summed E-state index contributed by atoms with van der Waals surface area (Å²) in [6, 6.07) is 0.525. The van der Waals surface area contributed by atoms with Crippen molar-refractivity contribution in [2.45, 2.75) is 38.3 Å². The van der Waals surface area contributed by atoms with Crippen molar-refractivity contribution >= 4 is 10.0 Å². The molecule has 4 nitrogen and oxygen atoms in total. The lowest BCUT2D eigenvalue weighted by atomic mass is 10.1. The predicted molar refractivity (Wildman–Crippen MR) is 55.5 cm³/mol. The Kier molecular flexibility index (Phi) is 2.81. The average molecular weight is 218 g/mol. The first kappa shape index (κ1) is 10.4. The van der Waals surface area contributed by atoms with Gasteiger partial charge < -0.3 is 5.32 Å². The topological polar surface area (TPSA) is 58.2 Å². The van der Waals surface area contributed by atoms with E-state index in [-0.39, 0.29) is 11.8 Å². The largest absolute Gasteiger partial charge is 0.312 e. The van der Waals surface area contributed by atoms with Gasteiger partial charge in [0.2, 0.25) is 10.0 Å². The summed E-state index contributed by atoms with van der Waals surface area (Å²) in [4.78, 5) is 0. The number of hydrogen-bond donors (Lipinski definition) is 2. The molecule has 2 bridgehead atoms. The molecule has 2 N–H and O–H groups in total. The Bertz CT molecular complexity index is 302. The molecule has 3 unspecified atom stereocenters. The lowest BCUT2D eigenvalue weighted by Gasteiger charge is -2.23. The van der Waals surface area contributed by atoms with E-state index in [1.54, 1.807) is 0 Å². The van der Waals surface area contributed by atoms with Crippen LogP contribution in [0.1, 0.15) is 26.2 Å². The number of sulfonamides is 1. The second-order valence-electron chi connectivity index (χ2n) is 4.40. The van der Waals surface area contributed by atoms with Crippen LogP contribution >= 0.6 is 0 Å². The van der Waals surface area contributed by atoms with E-state index in [0.717, 1.165) is 19.4 Å². The van der Waals surface area contributed by atoms with Gasteiger partial charge in [-0.15, -0.1) is 0 Å². The SMILES string of the molecule is CCCS(=O)(=O)NC1CC2CNC1C2. The summed E-state index contributed by atoms with van der Waals surface area (Å²) in [5, 5.41) is 3.34. The Morgan fingerprint density at radius 1 is 1.43 bits per heavy atom. The van der Waals surface area contributed by atoms with E-state index in [1.165, 1.54) is 0 Å². The minimum absolute atomic E-state index is 0.144. The molecule has 0 aromatic carbocycles. The Labute approximate surface area is 85.5 Å². The minimum atomic E-state index is -3.03. The molecule has 1 saturated heterocycles. The smallest absolute Gasteiger partial charge is 0.211 e. The van der Waals surface area contributed by atoms with E-state index in [9.17, 15) is 8.42 Å². The van der Waals surface area contributed by atoms with E-state index in [1.807, 2.05) is 6.92 Å². The van der Waals surface area contributed by atoms with Crippen molar-refractivity contribution in [1.82, 2.24) is 10.0 Å². The molecular weight excluding hydrogens is 200 g/mol. The molecule has 1 saturated carbocycles. The quantitative estimate of drug-likeness (QED) is 0.702. The fraction of sp³-hybridized carbons (Fsp3) is 1.00. The summed E-state index contributed by atoms with van der Waals surface area (Å²) in [7, 11) is -3.03. The van der Waals surface area contributed by atoms with Crippen molar-refractivity contribution in [3.8, 4) is 0 Å². The molecule has 3 atom stereocenters. The number of piperidine rings is 1. The fourth-order valence-electron chi connectivity index (χ4n) is 2.54. The lowest BCUT2D eigenvalue weighted by Crippen LogP contribution is -2.48. The van der Waals surface area contributed by atoms with E-state index in [2.05, 4.69) is 10.0 Å². The average Bonchev–Trinajstić information content (AvgIpc) is 2.63. The molecule has 0 radical (unpaired) electrons. The summed E-state index contributed by atoms with van der Waals surface area (Å²) in [5.74, 6) is 0.940.